The van der Waals surface area contributed by atoms with Crippen molar-refractivity contribution in [3.8, 4) is 0 Å². The van der Waals surface area contributed by atoms with Gasteiger partial charge in [-0.25, -0.2) is 9.59 Å². The van der Waals surface area contributed by atoms with Crippen LogP contribution in [0.3, 0.4) is 0 Å². The highest BCUT2D eigenvalue weighted by molar-refractivity contribution is 5.89. The molecule has 0 saturated heterocycles. The Kier molecular flexibility index (Phi) is 5.41. The van der Waals surface area contributed by atoms with E-state index in [-0.39, 0.29) is 24.3 Å². The van der Waals surface area contributed by atoms with Gasteiger partial charge in [0.15, 0.2) is 0 Å². The molecular formula is C20H21F3N4O2. The van der Waals surface area contributed by atoms with Crippen LogP contribution in [0.15, 0.2) is 53.3 Å². The normalized spacial score (nSPS) is 12.2. The summed E-state index contributed by atoms with van der Waals surface area (Å²) in [5.74, 6) is 0. The third-order valence-corrected chi connectivity index (χ3v) is 4.88. The molecular weight excluding hydrogens is 385 g/mol. The minimum Gasteiger partial charge on any atom is -0.336 e. The van der Waals surface area contributed by atoms with Gasteiger partial charge in [0, 0.05) is 18.8 Å². The number of benzene rings is 2. The number of aromatic nitrogens is 2. The average molecular weight is 406 g/mol. The number of aromatic amines is 1. The number of imidazole rings is 1. The van der Waals surface area contributed by atoms with Gasteiger partial charge < -0.3 is 15.6 Å². The van der Waals surface area contributed by atoms with Crippen LogP contribution in [-0.4, -0.2) is 28.3 Å². The second-order valence-corrected chi connectivity index (χ2v) is 7.18. The molecule has 0 aliphatic carbocycles. The minimum absolute atomic E-state index is 0.106. The number of carbonyl (C=O) groups is 1. The number of H-pyrrole nitrogens is 1. The summed E-state index contributed by atoms with van der Waals surface area (Å²) in [6, 6.07) is 12.2. The maximum Gasteiger partial charge on any atom is 0.397 e. The lowest BCUT2D eigenvalue weighted by molar-refractivity contribution is -0.180. The lowest BCUT2D eigenvalue weighted by Gasteiger charge is -2.28. The van der Waals surface area contributed by atoms with Gasteiger partial charge in [0.05, 0.1) is 16.4 Å². The van der Waals surface area contributed by atoms with Gasteiger partial charge in [0.25, 0.3) is 0 Å². The fraction of sp³-hybridized carbons (Fsp3) is 0.300. The Hall–Kier alpha value is -3.23. The molecule has 0 aliphatic heterocycles. The van der Waals surface area contributed by atoms with Crippen LogP contribution in [0, 0.1) is 0 Å². The quantitative estimate of drug-likeness (QED) is 0.599. The highest BCUT2D eigenvalue weighted by Crippen LogP contribution is 2.40. The zero-order chi connectivity index (χ0) is 21.2. The highest BCUT2D eigenvalue weighted by Gasteiger charge is 2.48. The largest absolute Gasteiger partial charge is 0.397 e. The summed E-state index contributed by atoms with van der Waals surface area (Å²) in [6.45, 7) is 2.69. The molecule has 0 radical (unpaired) electrons. The average Bonchev–Trinajstić information content (AvgIpc) is 2.97. The van der Waals surface area contributed by atoms with E-state index in [0.717, 1.165) is 19.4 Å². The number of urea groups is 1. The summed E-state index contributed by atoms with van der Waals surface area (Å²) in [6.07, 6.45) is -4.38. The van der Waals surface area contributed by atoms with Gasteiger partial charge in [-0.2, -0.15) is 13.2 Å². The summed E-state index contributed by atoms with van der Waals surface area (Å²) in [5, 5.41) is 5.19. The second-order valence-electron chi connectivity index (χ2n) is 7.18. The summed E-state index contributed by atoms with van der Waals surface area (Å²) in [5.41, 5.74) is -0.328. The van der Waals surface area contributed by atoms with Crippen LogP contribution < -0.4 is 16.3 Å². The molecule has 0 unspecified atom stereocenters. The SMILES string of the molecule is CC(C)(c1ccc(NC(=O)NCCn2c(=O)[nH]c3ccccc32)cc1)C(F)(F)F. The van der Waals surface area contributed by atoms with Crippen molar-refractivity contribution in [1.29, 1.82) is 0 Å². The Morgan fingerprint density at radius 2 is 1.72 bits per heavy atom. The third kappa shape index (κ3) is 4.28. The van der Waals surface area contributed by atoms with Crippen molar-refractivity contribution >= 4 is 22.8 Å². The molecule has 0 fully saturated rings. The van der Waals surface area contributed by atoms with Crippen LogP contribution in [0.1, 0.15) is 19.4 Å². The number of fused-ring (bicyclic) bond motifs is 1. The van der Waals surface area contributed by atoms with Crippen molar-refractivity contribution in [3.63, 3.8) is 0 Å². The predicted molar refractivity (Wildman–Crippen MR) is 105 cm³/mol. The number of halogens is 3. The Labute approximate surface area is 164 Å². The summed E-state index contributed by atoms with van der Waals surface area (Å²) < 4.78 is 40.8. The van der Waals surface area contributed by atoms with Gasteiger partial charge in [0.1, 0.15) is 0 Å². The number of amides is 2. The molecule has 0 saturated carbocycles. The molecule has 0 atom stereocenters. The molecule has 6 nitrogen and oxygen atoms in total. The van der Waals surface area contributed by atoms with E-state index in [1.165, 1.54) is 28.8 Å². The van der Waals surface area contributed by atoms with Crippen molar-refractivity contribution in [3.05, 3.63) is 64.6 Å². The predicted octanol–water partition coefficient (Wildman–Crippen LogP) is 3.99. The van der Waals surface area contributed by atoms with Gasteiger partial charge in [-0.1, -0.05) is 24.3 Å². The maximum absolute atomic E-state index is 13.1. The van der Waals surface area contributed by atoms with Crippen LogP contribution in [-0.2, 0) is 12.0 Å². The standard InChI is InChI=1S/C20H21F3N4O2/c1-19(2,20(21,22)23)13-7-9-14(10-8-13)25-17(28)24-11-12-27-16-6-4-3-5-15(16)26-18(27)29/h3-10H,11-12H2,1-2H3,(H,26,29)(H2,24,25,28). The Bertz CT molecular complexity index is 1070. The number of rotatable bonds is 5. The number of nitrogens with zero attached hydrogens (tertiary/aromatic N) is 1. The molecule has 2 amide bonds. The van der Waals surface area contributed by atoms with E-state index in [4.69, 9.17) is 0 Å². The van der Waals surface area contributed by atoms with Crippen molar-refractivity contribution in [2.75, 3.05) is 11.9 Å². The topological polar surface area (TPSA) is 78.9 Å². The van der Waals surface area contributed by atoms with Crippen LogP contribution in [0.5, 0.6) is 0 Å². The summed E-state index contributed by atoms with van der Waals surface area (Å²) >= 11 is 0. The fourth-order valence-electron chi connectivity index (χ4n) is 2.92. The van der Waals surface area contributed by atoms with Gasteiger partial charge in [-0.15, -0.1) is 0 Å². The molecule has 3 N–H and O–H groups in total. The summed E-state index contributed by atoms with van der Waals surface area (Å²) in [7, 11) is 0. The van der Waals surface area contributed by atoms with Crippen molar-refractivity contribution < 1.29 is 18.0 Å². The molecule has 29 heavy (non-hydrogen) atoms. The van der Waals surface area contributed by atoms with Gasteiger partial charge >= 0.3 is 17.9 Å². The molecule has 0 spiro atoms. The molecule has 3 aromatic rings. The molecule has 0 bridgehead atoms. The van der Waals surface area contributed by atoms with E-state index in [1.807, 2.05) is 12.1 Å². The third-order valence-electron chi connectivity index (χ3n) is 4.88. The van der Waals surface area contributed by atoms with Gasteiger partial charge in [-0.3, -0.25) is 4.57 Å². The van der Waals surface area contributed by atoms with Crippen LogP contribution in [0.4, 0.5) is 23.7 Å². The minimum atomic E-state index is -4.38. The molecule has 1 aromatic heterocycles. The molecule has 2 aromatic carbocycles. The first-order valence-electron chi connectivity index (χ1n) is 8.99. The van der Waals surface area contributed by atoms with Gasteiger partial charge in [0.2, 0.25) is 0 Å². The molecule has 154 valence electrons. The van der Waals surface area contributed by atoms with E-state index in [0.29, 0.717) is 11.2 Å². The Morgan fingerprint density at radius 1 is 1.07 bits per heavy atom. The number of hydrogen-bond acceptors (Lipinski definition) is 2. The van der Waals surface area contributed by atoms with E-state index in [1.54, 1.807) is 12.1 Å². The second kappa shape index (κ2) is 7.65. The number of hydrogen-bond donors (Lipinski definition) is 3. The van der Waals surface area contributed by atoms with Crippen LogP contribution >= 0.6 is 0 Å². The lowest BCUT2D eigenvalue weighted by atomic mass is 9.84. The zero-order valence-electron chi connectivity index (χ0n) is 15.9. The molecule has 0 aliphatic rings. The Morgan fingerprint density at radius 3 is 2.38 bits per heavy atom. The van der Waals surface area contributed by atoms with Crippen molar-refractivity contribution in [2.24, 2.45) is 0 Å². The number of anilines is 1. The number of nitrogens with one attached hydrogen (secondary N) is 3. The highest BCUT2D eigenvalue weighted by atomic mass is 19.4. The number of alkyl halides is 3. The van der Waals surface area contributed by atoms with Crippen LogP contribution in [0.25, 0.3) is 11.0 Å². The van der Waals surface area contributed by atoms with Crippen molar-refractivity contribution in [1.82, 2.24) is 14.9 Å². The number of carbonyl (C=O) groups excluding carboxylic acids is 1. The van der Waals surface area contributed by atoms with Crippen molar-refractivity contribution in [2.45, 2.75) is 32.0 Å². The molecule has 3 rings (SSSR count). The van der Waals surface area contributed by atoms with Gasteiger partial charge in [-0.05, 0) is 43.7 Å². The first kappa shape index (κ1) is 20.5. The number of para-hydroxylation sites is 2. The Balaban J connectivity index is 1.57. The monoisotopic (exact) mass is 406 g/mol. The lowest BCUT2D eigenvalue weighted by Crippen LogP contribution is -2.36. The summed E-state index contributed by atoms with van der Waals surface area (Å²) in [4.78, 5) is 26.8. The smallest absolute Gasteiger partial charge is 0.336 e. The molecule has 1 heterocycles. The molecule has 9 heteroatoms. The first-order valence-corrected chi connectivity index (χ1v) is 8.99. The fourth-order valence-corrected chi connectivity index (χ4v) is 2.92. The maximum atomic E-state index is 13.1. The van der Waals surface area contributed by atoms with E-state index < -0.39 is 17.6 Å². The van der Waals surface area contributed by atoms with E-state index >= 15 is 0 Å². The van der Waals surface area contributed by atoms with Crippen LogP contribution in [0.2, 0.25) is 0 Å². The first-order chi connectivity index (χ1) is 13.6. The zero-order valence-corrected chi connectivity index (χ0v) is 15.9. The van der Waals surface area contributed by atoms with E-state index in [9.17, 15) is 22.8 Å². The van der Waals surface area contributed by atoms with E-state index in [2.05, 4.69) is 15.6 Å².